The summed E-state index contributed by atoms with van der Waals surface area (Å²) in [6.07, 6.45) is 0. The third-order valence-corrected chi connectivity index (χ3v) is 3.80. The van der Waals surface area contributed by atoms with Gasteiger partial charge in [-0.25, -0.2) is 4.79 Å². The Bertz CT molecular complexity index is 1030. The smallest absolute Gasteiger partial charge is 0.343 e. The van der Waals surface area contributed by atoms with Crippen LogP contribution in [-0.4, -0.2) is 27.1 Å². The molecule has 136 valence electrons. The van der Waals surface area contributed by atoms with Crippen LogP contribution >= 0.6 is 0 Å². The number of ether oxygens (including phenoxy) is 1. The van der Waals surface area contributed by atoms with Gasteiger partial charge in [-0.05, 0) is 48.5 Å². The lowest BCUT2D eigenvalue weighted by Crippen LogP contribution is -2.09. The lowest BCUT2D eigenvalue weighted by atomic mass is 10.0. The highest BCUT2D eigenvalue weighted by atomic mass is 16.5. The normalized spacial score (nSPS) is 10.4. The monoisotopic (exact) mass is 365 g/mol. The predicted molar refractivity (Wildman–Crippen MR) is 97.1 cm³/mol. The number of nitrogens with two attached hydrogens (primary N) is 1. The third-order valence-electron chi connectivity index (χ3n) is 3.80. The number of carbonyl (C=O) groups is 2. The molecule has 3 aromatic carbocycles. The third kappa shape index (κ3) is 3.82. The van der Waals surface area contributed by atoms with Crippen molar-refractivity contribution in [3.8, 4) is 23.0 Å². The van der Waals surface area contributed by atoms with Crippen LogP contribution in [0.2, 0.25) is 0 Å². The second kappa shape index (κ2) is 7.09. The van der Waals surface area contributed by atoms with E-state index in [-0.39, 0.29) is 28.2 Å². The van der Waals surface area contributed by atoms with Crippen LogP contribution in [0.5, 0.6) is 23.0 Å². The zero-order valence-corrected chi connectivity index (χ0v) is 13.9. The van der Waals surface area contributed by atoms with Crippen LogP contribution in [-0.2, 0) is 0 Å². The average molecular weight is 365 g/mol. The zero-order chi connectivity index (χ0) is 19.6. The largest absolute Gasteiger partial charge is 0.508 e. The number of aromatic hydroxyl groups is 3. The number of hydrogen-bond acceptors (Lipinski definition) is 7. The summed E-state index contributed by atoms with van der Waals surface area (Å²) in [6, 6.07) is 13.4. The molecule has 0 saturated heterocycles. The van der Waals surface area contributed by atoms with E-state index in [4.69, 9.17) is 10.5 Å². The molecular formula is C20H15NO6. The molecule has 0 aliphatic rings. The highest BCUT2D eigenvalue weighted by Crippen LogP contribution is 2.30. The number of phenolic OH excluding ortho intramolecular Hbond substituents is 3. The minimum Gasteiger partial charge on any atom is -0.508 e. The summed E-state index contributed by atoms with van der Waals surface area (Å²) in [4.78, 5) is 24.6. The van der Waals surface area contributed by atoms with E-state index >= 15 is 0 Å². The first-order valence-corrected chi connectivity index (χ1v) is 7.82. The van der Waals surface area contributed by atoms with Crippen LogP contribution in [0.15, 0.2) is 60.7 Å². The molecule has 0 unspecified atom stereocenters. The molecule has 7 nitrogen and oxygen atoms in total. The highest BCUT2D eigenvalue weighted by molar-refractivity contribution is 6.12. The van der Waals surface area contributed by atoms with E-state index in [0.29, 0.717) is 5.69 Å². The van der Waals surface area contributed by atoms with E-state index in [0.717, 1.165) is 12.1 Å². The fourth-order valence-electron chi connectivity index (χ4n) is 2.41. The van der Waals surface area contributed by atoms with Gasteiger partial charge in [0.2, 0.25) is 0 Å². The van der Waals surface area contributed by atoms with E-state index in [1.165, 1.54) is 36.4 Å². The summed E-state index contributed by atoms with van der Waals surface area (Å²) in [7, 11) is 0. The van der Waals surface area contributed by atoms with Crippen LogP contribution in [0.4, 0.5) is 5.69 Å². The van der Waals surface area contributed by atoms with Crippen molar-refractivity contribution in [3.05, 3.63) is 77.4 Å². The molecule has 5 N–H and O–H groups in total. The molecule has 27 heavy (non-hydrogen) atoms. The van der Waals surface area contributed by atoms with Crippen molar-refractivity contribution in [2.24, 2.45) is 0 Å². The fraction of sp³-hybridized carbons (Fsp3) is 0. The zero-order valence-electron chi connectivity index (χ0n) is 13.9. The molecule has 0 aliphatic carbocycles. The first-order valence-electron chi connectivity index (χ1n) is 7.82. The van der Waals surface area contributed by atoms with E-state index in [2.05, 4.69) is 0 Å². The number of rotatable bonds is 4. The second-order valence-corrected chi connectivity index (χ2v) is 5.72. The van der Waals surface area contributed by atoms with Gasteiger partial charge >= 0.3 is 5.97 Å². The number of benzene rings is 3. The van der Waals surface area contributed by atoms with Gasteiger partial charge in [-0.3, -0.25) is 4.79 Å². The number of hydrogen-bond donors (Lipinski definition) is 4. The number of nitrogen functional groups attached to an aromatic ring is 1. The Morgan fingerprint density at radius 1 is 0.778 bits per heavy atom. The van der Waals surface area contributed by atoms with Crippen molar-refractivity contribution in [2.45, 2.75) is 0 Å². The molecule has 0 saturated carbocycles. The van der Waals surface area contributed by atoms with Crippen molar-refractivity contribution >= 4 is 17.4 Å². The molecule has 0 spiro atoms. The predicted octanol–water partition coefficient (Wildman–Crippen LogP) is 2.84. The van der Waals surface area contributed by atoms with E-state index in [9.17, 15) is 24.9 Å². The van der Waals surface area contributed by atoms with Crippen LogP contribution in [0, 0.1) is 0 Å². The van der Waals surface area contributed by atoms with Crippen molar-refractivity contribution in [1.29, 1.82) is 0 Å². The Balaban J connectivity index is 1.82. The van der Waals surface area contributed by atoms with E-state index < -0.39 is 23.3 Å². The molecule has 0 aliphatic heterocycles. The fourth-order valence-corrected chi connectivity index (χ4v) is 2.41. The molecule has 0 heterocycles. The molecule has 3 rings (SSSR count). The van der Waals surface area contributed by atoms with Gasteiger partial charge in [0.05, 0.1) is 16.7 Å². The first-order chi connectivity index (χ1) is 12.8. The summed E-state index contributed by atoms with van der Waals surface area (Å²) in [5.74, 6) is -2.29. The maximum atomic E-state index is 12.5. The quantitative estimate of drug-likeness (QED) is 0.242. The molecule has 0 fully saturated rings. The van der Waals surface area contributed by atoms with Gasteiger partial charge in [-0.15, -0.1) is 0 Å². The molecule has 0 atom stereocenters. The number of carbonyl (C=O) groups excluding carboxylic acids is 2. The molecule has 0 radical (unpaired) electrons. The molecule has 0 aromatic heterocycles. The average Bonchev–Trinajstić information content (AvgIpc) is 2.62. The summed E-state index contributed by atoms with van der Waals surface area (Å²) in [6.45, 7) is 0. The number of anilines is 1. The second-order valence-electron chi connectivity index (χ2n) is 5.72. The van der Waals surface area contributed by atoms with Crippen LogP contribution in [0.25, 0.3) is 0 Å². The van der Waals surface area contributed by atoms with Gasteiger partial charge in [0, 0.05) is 17.8 Å². The van der Waals surface area contributed by atoms with Crippen molar-refractivity contribution < 1.29 is 29.6 Å². The van der Waals surface area contributed by atoms with Gasteiger partial charge in [-0.2, -0.15) is 0 Å². The van der Waals surface area contributed by atoms with Gasteiger partial charge in [-0.1, -0.05) is 0 Å². The van der Waals surface area contributed by atoms with Gasteiger partial charge in [0.1, 0.15) is 23.0 Å². The van der Waals surface area contributed by atoms with E-state index in [1.54, 1.807) is 12.1 Å². The molecular weight excluding hydrogens is 350 g/mol. The minimum absolute atomic E-state index is 0.0424. The summed E-state index contributed by atoms with van der Waals surface area (Å²) in [5, 5.41) is 29.2. The topological polar surface area (TPSA) is 130 Å². The number of phenols is 3. The van der Waals surface area contributed by atoms with Crippen molar-refractivity contribution in [1.82, 2.24) is 0 Å². The Morgan fingerprint density at radius 2 is 1.37 bits per heavy atom. The van der Waals surface area contributed by atoms with Crippen molar-refractivity contribution in [3.63, 3.8) is 0 Å². The summed E-state index contributed by atoms with van der Waals surface area (Å²) < 4.78 is 5.17. The maximum absolute atomic E-state index is 12.5. The van der Waals surface area contributed by atoms with Gasteiger partial charge < -0.3 is 25.8 Å². The van der Waals surface area contributed by atoms with Crippen LogP contribution in [0.3, 0.4) is 0 Å². The standard InChI is InChI=1S/C20H15NO6/c21-12-3-1-11(2-4-12)20(26)27-14-6-8-16(18(24)10-14)19(25)15-7-5-13(22)9-17(15)23/h1-10,22-24H,21H2. The van der Waals surface area contributed by atoms with Gasteiger partial charge in [0.15, 0.2) is 5.78 Å². The van der Waals surface area contributed by atoms with Crippen molar-refractivity contribution in [2.75, 3.05) is 5.73 Å². The maximum Gasteiger partial charge on any atom is 0.343 e. The van der Waals surface area contributed by atoms with Gasteiger partial charge in [0.25, 0.3) is 0 Å². The first kappa shape index (κ1) is 17.8. The highest BCUT2D eigenvalue weighted by Gasteiger charge is 2.19. The molecule has 3 aromatic rings. The van der Waals surface area contributed by atoms with Crippen LogP contribution < -0.4 is 10.5 Å². The lowest BCUT2D eigenvalue weighted by Gasteiger charge is -2.09. The molecule has 0 amide bonds. The summed E-state index contributed by atoms with van der Waals surface area (Å²) >= 11 is 0. The Labute approximate surface area is 153 Å². The van der Waals surface area contributed by atoms with E-state index in [1.807, 2.05) is 0 Å². The lowest BCUT2D eigenvalue weighted by molar-refractivity contribution is 0.0734. The SMILES string of the molecule is Nc1ccc(C(=O)Oc2ccc(C(=O)c3ccc(O)cc3O)c(O)c2)cc1. The molecule has 0 bridgehead atoms. The number of esters is 1. The summed E-state index contributed by atoms with van der Waals surface area (Å²) in [5.41, 5.74) is 6.16. The minimum atomic E-state index is -0.651. The Morgan fingerprint density at radius 3 is 1.96 bits per heavy atom. The molecule has 7 heteroatoms. The Kier molecular flexibility index (Phi) is 4.68. The number of ketones is 1. The Hall–Kier alpha value is -4.00. The van der Waals surface area contributed by atoms with Crippen LogP contribution in [0.1, 0.15) is 26.3 Å².